The molecule has 5 aromatic carbocycles. The smallest absolute Gasteiger partial charge is 0.264 e. The van der Waals surface area contributed by atoms with Crippen LogP contribution in [-0.4, -0.2) is 97.1 Å². The number of aryl methyl sites for hydroxylation is 2. The van der Waals surface area contributed by atoms with Crippen molar-refractivity contribution in [3.63, 3.8) is 0 Å². The van der Waals surface area contributed by atoms with Crippen molar-refractivity contribution in [1.82, 2.24) is 19.6 Å². The van der Waals surface area contributed by atoms with Crippen LogP contribution in [0.1, 0.15) is 11.1 Å². The minimum absolute atomic E-state index is 0.267. The quantitative estimate of drug-likeness (QED) is 0.0937. The summed E-state index contributed by atoms with van der Waals surface area (Å²) < 4.78 is 26.0. The summed E-state index contributed by atoms with van der Waals surface area (Å²) in [6.07, 6.45) is 0. The molecule has 52 heavy (non-hydrogen) atoms. The zero-order chi connectivity index (χ0) is 38.0. The predicted molar refractivity (Wildman–Crippen MR) is 230 cm³/mol. The fourth-order valence-electron chi connectivity index (χ4n) is 5.32. The van der Waals surface area contributed by atoms with Crippen molar-refractivity contribution in [1.29, 1.82) is 0 Å². The van der Waals surface area contributed by atoms with E-state index < -0.39 is 5.56 Å². The second kappa shape index (κ2) is 16.2. The van der Waals surface area contributed by atoms with Crippen LogP contribution in [0.2, 0.25) is 0 Å². The SMILES string of the molecule is Cc1ccc2cc(OC(=S)N(C)C)c(-c3cc(OC(S)N(C)C)c(-c4cc5cc(C)ccc5cc4OC(=S)N(C)C)cc3OC(=S)N(C)C)cc2c1. The largest absolute Gasteiger partial charge is 0.465 e. The van der Waals surface area contributed by atoms with E-state index in [-0.39, 0.29) is 5.17 Å². The van der Waals surface area contributed by atoms with Crippen molar-refractivity contribution in [3.8, 4) is 45.3 Å². The topological polar surface area (TPSA) is 49.9 Å². The van der Waals surface area contributed by atoms with Gasteiger partial charge in [-0.2, -0.15) is 0 Å². The van der Waals surface area contributed by atoms with Crippen molar-refractivity contribution < 1.29 is 18.9 Å². The number of benzene rings is 5. The van der Waals surface area contributed by atoms with Gasteiger partial charge >= 0.3 is 0 Å². The number of nitrogens with zero attached hydrogens (tertiary/aromatic N) is 4. The summed E-state index contributed by atoms with van der Waals surface area (Å²) in [6, 6.07) is 24.6. The Morgan fingerprint density at radius 2 is 0.827 bits per heavy atom. The molecule has 0 radical (unpaired) electrons. The van der Waals surface area contributed by atoms with Gasteiger partial charge in [0, 0.05) is 64.5 Å². The lowest BCUT2D eigenvalue weighted by Gasteiger charge is -2.26. The lowest BCUT2D eigenvalue weighted by Crippen LogP contribution is -2.28. The number of hydrogen-bond acceptors (Lipinski definition) is 9. The van der Waals surface area contributed by atoms with Crippen LogP contribution in [0.4, 0.5) is 0 Å². The van der Waals surface area contributed by atoms with Gasteiger partial charge in [-0.25, -0.2) is 0 Å². The molecular formula is C40H44N4O4S4. The van der Waals surface area contributed by atoms with Crippen LogP contribution in [0.3, 0.4) is 0 Å². The zero-order valence-corrected chi connectivity index (χ0v) is 34.4. The van der Waals surface area contributed by atoms with E-state index in [0.717, 1.165) is 43.8 Å². The van der Waals surface area contributed by atoms with Gasteiger partial charge in [0.05, 0.1) is 0 Å². The first-order chi connectivity index (χ1) is 24.5. The van der Waals surface area contributed by atoms with Gasteiger partial charge in [-0.3, -0.25) is 4.90 Å². The van der Waals surface area contributed by atoms with Gasteiger partial charge in [0.25, 0.3) is 15.5 Å². The molecule has 0 saturated carbocycles. The van der Waals surface area contributed by atoms with Crippen molar-refractivity contribution >= 4 is 86.4 Å². The molecule has 0 saturated heterocycles. The number of thiocarbonyl (C=S) groups is 3. The molecule has 0 amide bonds. The summed E-state index contributed by atoms with van der Waals surface area (Å²) in [6.45, 7) is 4.13. The first kappa shape index (κ1) is 39.0. The molecule has 12 heteroatoms. The Morgan fingerprint density at radius 1 is 0.481 bits per heavy atom. The maximum atomic E-state index is 6.66. The highest BCUT2D eigenvalue weighted by Crippen LogP contribution is 2.48. The second-order valence-corrected chi connectivity index (χ2v) is 14.9. The molecule has 5 rings (SSSR count). The third-order valence-electron chi connectivity index (χ3n) is 8.21. The molecule has 272 valence electrons. The van der Waals surface area contributed by atoms with Crippen LogP contribution >= 0.6 is 49.3 Å². The van der Waals surface area contributed by atoms with Crippen molar-refractivity contribution in [3.05, 3.63) is 83.9 Å². The molecule has 0 heterocycles. The minimum Gasteiger partial charge on any atom is -0.465 e. The van der Waals surface area contributed by atoms with E-state index >= 15 is 0 Å². The molecule has 0 N–H and O–H groups in total. The molecule has 0 aliphatic rings. The predicted octanol–water partition coefficient (Wildman–Crippen LogP) is 8.77. The molecule has 0 aliphatic carbocycles. The van der Waals surface area contributed by atoms with E-state index in [2.05, 4.69) is 62.4 Å². The molecule has 0 fully saturated rings. The summed E-state index contributed by atoms with van der Waals surface area (Å²) in [4.78, 5) is 7.10. The Hall–Kier alpha value is -4.20. The Labute approximate surface area is 328 Å². The van der Waals surface area contributed by atoms with Crippen LogP contribution in [0.5, 0.6) is 23.0 Å². The average Bonchev–Trinajstić information content (AvgIpc) is 3.08. The standard InChI is InChI=1S/C40H44N4O4S4/c1-23-11-13-25-19-33(45-37(49)41(3)4)29(17-27(25)15-23)31-21-36(48-40(52)44(9)10)32(22-35(31)47-39(51)43(7)8)30-18-28-16-24(2)12-14-26(28)20-34(30)46-38(50)42(5)6/h11-22,39,51H,1-10H3. The summed E-state index contributed by atoms with van der Waals surface area (Å²) >= 11 is 21.8. The lowest BCUT2D eigenvalue weighted by molar-refractivity contribution is 0.147. The van der Waals surface area contributed by atoms with Crippen molar-refractivity contribution in [2.24, 2.45) is 0 Å². The third-order valence-corrected chi connectivity index (χ3v) is 10.1. The summed E-state index contributed by atoms with van der Waals surface area (Å²) in [7, 11) is 14.9. The highest BCUT2D eigenvalue weighted by atomic mass is 32.1. The van der Waals surface area contributed by atoms with Gasteiger partial charge in [-0.15, -0.1) is 12.6 Å². The molecule has 1 atom stereocenters. The summed E-state index contributed by atoms with van der Waals surface area (Å²) in [5.41, 5.74) is 4.47. The molecule has 5 aromatic rings. The number of thiol groups is 1. The van der Waals surface area contributed by atoms with Crippen molar-refractivity contribution in [2.75, 3.05) is 56.4 Å². The molecule has 0 spiro atoms. The first-order valence-corrected chi connectivity index (χ1v) is 18.2. The van der Waals surface area contributed by atoms with Gasteiger partial charge in [-0.05, 0) is 123 Å². The zero-order valence-electron chi connectivity index (χ0n) is 31.1. The van der Waals surface area contributed by atoms with E-state index in [1.807, 2.05) is 85.5 Å². The Morgan fingerprint density at radius 3 is 1.21 bits per heavy atom. The van der Waals surface area contributed by atoms with Crippen LogP contribution in [0, 0.1) is 13.8 Å². The average molecular weight is 773 g/mol. The number of ether oxygens (including phenoxy) is 4. The van der Waals surface area contributed by atoms with Gasteiger partial charge < -0.3 is 33.6 Å². The normalized spacial score (nSPS) is 11.7. The Kier molecular flexibility index (Phi) is 12.2. The Balaban J connectivity index is 1.89. The minimum atomic E-state index is -0.604. The van der Waals surface area contributed by atoms with Gasteiger partial charge in [-0.1, -0.05) is 47.5 Å². The highest BCUT2D eigenvalue weighted by molar-refractivity contribution is 7.80. The molecule has 0 bridgehead atoms. The second-order valence-electron chi connectivity index (χ2n) is 13.4. The van der Waals surface area contributed by atoms with Crippen LogP contribution in [0.25, 0.3) is 43.8 Å². The van der Waals surface area contributed by atoms with E-state index in [9.17, 15) is 0 Å². The van der Waals surface area contributed by atoms with E-state index in [0.29, 0.717) is 44.5 Å². The van der Waals surface area contributed by atoms with E-state index in [1.165, 1.54) is 0 Å². The van der Waals surface area contributed by atoms with Crippen LogP contribution in [-0.2, 0) is 0 Å². The third kappa shape index (κ3) is 8.87. The lowest BCUT2D eigenvalue weighted by atomic mass is 9.93. The van der Waals surface area contributed by atoms with Crippen LogP contribution < -0.4 is 18.9 Å². The van der Waals surface area contributed by atoms with Crippen molar-refractivity contribution in [2.45, 2.75) is 19.4 Å². The number of hydrogen-bond donors (Lipinski definition) is 1. The maximum Gasteiger partial charge on any atom is 0.264 e. The number of fused-ring (bicyclic) bond motifs is 2. The summed E-state index contributed by atoms with van der Waals surface area (Å²) in [5.74, 6) is 2.09. The number of rotatable bonds is 8. The fraction of sp³-hybridized carbons (Fsp3) is 0.275. The maximum absolute atomic E-state index is 6.66. The fourth-order valence-corrected chi connectivity index (χ4v) is 5.70. The molecule has 1 unspecified atom stereocenters. The van der Waals surface area contributed by atoms with Gasteiger partial charge in [0.15, 0.2) is 5.56 Å². The molecule has 0 aliphatic heterocycles. The molecular weight excluding hydrogens is 729 g/mol. The van der Waals surface area contributed by atoms with Gasteiger partial charge in [0.1, 0.15) is 23.0 Å². The van der Waals surface area contributed by atoms with E-state index in [1.54, 1.807) is 14.7 Å². The molecule has 8 nitrogen and oxygen atoms in total. The highest BCUT2D eigenvalue weighted by Gasteiger charge is 2.25. The van der Waals surface area contributed by atoms with Crippen LogP contribution in [0.15, 0.2) is 72.8 Å². The Bertz CT molecular complexity index is 2190. The van der Waals surface area contributed by atoms with E-state index in [4.69, 9.17) is 68.2 Å². The molecule has 0 aromatic heterocycles. The summed E-state index contributed by atoms with van der Waals surface area (Å²) in [5, 5.41) is 4.92. The first-order valence-electron chi connectivity index (χ1n) is 16.5. The monoisotopic (exact) mass is 772 g/mol. The van der Waals surface area contributed by atoms with Gasteiger partial charge in [0.2, 0.25) is 0 Å².